The van der Waals surface area contributed by atoms with E-state index in [0.717, 1.165) is 0 Å². The molecule has 16 heavy (non-hydrogen) atoms. The molecule has 0 spiro atoms. The van der Waals surface area contributed by atoms with Crippen molar-refractivity contribution in [2.24, 2.45) is 0 Å². The number of amides is 1. The first-order valence-corrected chi connectivity index (χ1v) is 5.10. The van der Waals surface area contributed by atoms with E-state index >= 15 is 0 Å². The zero-order valence-corrected chi connectivity index (χ0v) is 9.77. The Kier molecular flexibility index (Phi) is 3.42. The molecule has 88 valence electrons. The molecule has 0 aliphatic carbocycles. The lowest BCUT2D eigenvalue weighted by Crippen LogP contribution is -2.44. The predicted molar refractivity (Wildman–Crippen MR) is 61.4 cm³/mol. The first-order chi connectivity index (χ1) is 7.32. The summed E-state index contributed by atoms with van der Waals surface area (Å²) in [6.07, 6.45) is -0.990. The van der Waals surface area contributed by atoms with Crippen LogP contribution in [0.4, 0.5) is 4.79 Å². The fourth-order valence-corrected chi connectivity index (χ4v) is 1.41. The minimum absolute atomic E-state index is 0.123. The molecule has 0 aliphatic heterocycles. The molecule has 4 nitrogen and oxygen atoms in total. The Hall–Kier alpha value is -1.71. The van der Waals surface area contributed by atoms with Gasteiger partial charge in [-0.25, -0.2) is 4.79 Å². The van der Waals surface area contributed by atoms with Crippen LogP contribution in [0.3, 0.4) is 0 Å². The Morgan fingerprint density at radius 1 is 1.31 bits per heavy atom. The molecule has 0 fully saturated rings. The second-order valence-electron chi connectivity index (χ2n) is 4.67. The number of hydrogen-bond acceptors (Lipinski definition) is 2. The van der Waals surface area contributed by atoms with E-state index in [4.69, 9.17) is 5.11 Å². The molecule has 0 saturated heterocycles. The van der Waals surface area contributed by atoms with Crippen LogP contribution in [0.2, 0.25) is 0 Å². The summed E-state index contributed by atoms with van der Waals surface area (Å²) in [6, 6.07) is 6.76. The van der Waals surface area contributed by atoms with Gasteiger partial charge in [0, 0.05) is 11.1 Å². The highest BCUT2D eigenvalue weighted by Crippen LogP contribution is 2.22. The maximum absolute atomic E-state index is 11.1. The Balaban J connectivity index is 2.94. The SMILES string of the molecule is CC(C)(C)N(Cc1ccccc1O)C(=O)O. The average Bonchev–Trinajstić information content (AvgIpc) is 2.14. The van der Waals surface area contributed by atoms with Crippen molar-refractivity contribution in [1.29, 1.82) is 0 Å². The Morgan fingerprint density at radius 3 is 2.31 bits per heavy atom. The molecule has 0 radical (unpaired) electrons. The van der Waals surface area contributed by atoms with E-state index in [2.05, 4.69) is 0 Å². The van der Waals surface area contributed by atoms with Gasteiger partial charge in [-0.2, -0.15) is 0 Å². The van der Waals surface area contributed by atoms with Crippen molar-refractivity contribution in [3.63, 3.8) is 0 Å². The van der Waals surface area contributed by atoms with Gasteiger partial charge in [-0.15, -0.1) is 0 Å². The van der Waals surface area contributed by atoms with Crippen LogP contribution >= 0.6 is 0 Å². The van der Waals surface area contributed by atoms with Gasteiger partial charge in [0.2, 0.25) is 0 Å². The second kappa shape index (κ2) is 4.43. The highest BCUT2D eigenvalue weighted by atomic mass is 16.4. The maximum atomic E-state index is 11.1. The first kappa shape index (κ1) is 12.4. The van der Waals surface area contributed by atoms with Crippen LogP contribution in [0.1, 0.15) is 26.3 Å². The fourth-order valence-electron chi connectivity index (χ4n) is 1.41. The fraction of sp³-hybridized carbons (Fsp3) is 0.417. The molecule has 2 N–H and O–H groups in total. The lowest BCUT2D eigenvalue weighted by molar-refractivity contribution is 0.0951. The molecule has 1 rings (SSSR count). The molecule has 0 bridgehead atoms. The summed E-state index contributed by atoms with van der Waals surface area (Å²) < 4.78 is 0. The predicted octanol–water partition coefficient (Wildman–Crippen LogP) is 2.67. The number of carboxylic acid groups (broad SMARTS) is 1. The van der Waals surface area contributed by atoms with E-state index in [-0.39, 0.29) is 12.3 Å². The van der Waals surface area contributed by atoms with E-state index in [1.807, 2.05) is 20.8 Å². The molecule has 0 heterocycles. The normalized spacial score (nSPS) is 11.2. The number of aromatic hydroxyl groups is 1. The van der Waals surface area contributed by atoms with Gasteiger partial charge in [0.25, 0.3) is 0 Å². The molecule has 1 amide bonds. The number of benzene rings is 1. The summed E-state index contributed by atoms with van der Waals surface area (Å²) in [7, 11) is 0. The lowest BCUT2D eigenvalue weighted by Gasteiger charge is -2.33. The summed E-state index contributed by atoms with van der Waals surface area (Å²) in [6.45, 7) is 5.65. The lowest BCUT2D eigenvalue weighted by atomic mass is 10.1. The molecule has 0 aliphatic rings. The molecule has 0 atom stereocenters. The molecule has 1 aromatic carbocycles. The van der Waals surface area contributed by atoms with E-state index < -0.39 is 11.6 Å². The summed E-state index contributed by atoms with van der Waals surface area (Å²) in [4.78, 5) is 12.4. The molecule has 4 heteroatoms. The number of rotatable bonds is 2. The summed E-state index contributed by atoms with van der Waals surface area (Å²) in [5, 5.41) is 18.7. The third-order valence-corrected chi connectivity index (χ3v) is 2.36. The van der Waals surface area contributed by atoms with Crippen LogP contribution in [0, 0.1) is 0 Å². The van der Waals surface area contributed by atoms with Crippen molar-refractivity contribution in [3.8, 4) is 5.75 Å². The van der Waals surface area contributed by atoms with Crippen molar-refractivity contribution >= 4 is 6.09 Å². The van der Waals surface area contributed by atoms with Gasteiger partial charge < -0.3 is 10.2 Å². The minimum atomic E-state index is -0.990. The number of hydrogen-bond donors (Lipinski definition) is 2. The van der Waals surface area contributed by atoms with Crippen molar-refractivity contribution < 1.29 is 15.0 Å². The van der Waals surface area contributed by atoms with Crippen LogP contribution < -0.4 is 0 Å². The van der Waals surface area contributed by atoms with Crippen LogP contribution in [0.5, 0.6) is 5.75 Å². The quantitative estimate of drug-likeness (QED) is 0.810. The zero-order valence-electron chi connectivity index (χ0n) is 9.77. The first-order valence-electron chi connectivity index (χ1n) is 5.10. The monoisotopic (exact) mass is 223 g/mol. The minimum Gasteiger partial charge on any atom is -0.508 e. The van der Waals surface area contributed by atoms with Gasteiger partial charge in [-0.05, 0) is 26.8 Å². The number of carbonyl (C=O) groups is 1. The largest absolute Gasteiger partial charge is 0.508 e. The Bertz CT molecular complexity index is 382. The van der Waals surface area contributed by atoms with E-state index in [1.165, 1.54) is 4.90 Å². The van der Waals surface area contributed by atoms with Gasteiger partial charge in [-0.3, -0.25) is 4.90 Å². The Morgan fingerprint density at radius 2 is 1.88 bits per heavy atom. The smallest absolute Gasteiger partial charge is 0.408 e. The van der Waals surface area contributed by atoms with Crippen molar-refractivity contribution in [2.45, 2.75) is 32.9 Å². The average molecular weight is 223 g/mol. The van der Waals surface area contributed by atoms with Crippen LogP contribution in [-0.4, -0.2) is 26.7 Å². The highest BCUT2D eigenvalue weighted by molar-refractivity contribution is 5.66. The van der Waals surface area contributed by atoms with Crippen molar-refractivity contribution in [1.82, 2.24) is 4.90 Å². The van der Waals surface area contributed by atoms with Crippen molar-refractivity contribution in [3.05, 3.63) is 29.8 Å². The standard InChI is InChI=1S/C12H17NO3/c1-12(2,3)13(11(15)16)8-9-6-4-5-7-10(9)14/h4-7,14H,8H2,1-3H3,(H,15,16). The second-order valence-corrected chi connectivity index (χ2v) is 4.67. The van der Waals surface area contributed by atoms with Crippen LogP contribution in [-0.2, 0) is 6.54 Å². The molecular weight excluding hydrogens is 206 g/mol. The van der Waals surface area contributed by atoms with Crippen molar-refractivity contribution in [2.75, 3.05) is 0 Å². The summed E-state index contributed by atoms with van der Waals surface area (Å²) in [5.74, 6) is 0.123. The number of nitrogens with zero attached hydrogens (tertiary/aromatic N) is 1. The molecule has 0 aromatic heterocycles. The van der Waals surface area contributed by atoms with Gasteiger partial charge in [0.05, 0.1) is 6.54 Å². The molecule has 0 saturated carbocycles. The van der Waals surface area contributed by atoms with Crippen LogP contribution in [0.15, 0.2) is 24.3 Å². The van der Waals surface area contributed by atoms with Gasteiger partial charge in [-0.1, -0.05) is 18.2 Å². The topological polar surface area (TPSA) is 60.8 Å². The molecule has 0 unspecified atom stereocenters. The molecular formula is C12H17NO3. The number of para-hydroxylation sites is 1. The zero-order chi connectivity index (χ0) is 12.3. The van der Waals surface area contributed by atoms with E-state index in [0.29, 0.717) is 5.56 Å². The van der Waals surface area contributed by atoms with Gasteiger partial charge >= 0.3 is 6.09 Å². The number of phenolic OH excluding ortho intramolecular Hbond substituents is 1. The third kappa shape index (κ3) is 2.89. The van der Waals surface area contributed by atoms with E-state index in [1.54, 1.807) is 24.3 Å². The van der Waals surface area contributed by atoms with Crippen LogP contribution in [0.25, 0.3) is 0 Å². The summed E-state index contributed by atoms with van der Waals surface area (Å²) >= 11 is 0. The van der Waals surface area contributed by atoms with Gasteiger partial charge in [0.15, 0.2) is 0 Å². The summed E-state index contributed by atoms with van der Waals surface area (Å²) in [5.41, 5.74) is 0.119. The molecule has 1 aromatic rings. The third-order valence-electron chi connectivity index (χ3n) is 2.36. The van der Waals surface area contributed by atoms with E-state index in [9.17, 15) is 9.90 Å². The Labute approximate surface area is 95.1 Å². The maximum Gasteiger partial charge on any atom is 0.408 e. The number of phenols is 1. The highest BCUT2D eigenvalue weighted by Gasteiger charge is 2.26. The van der Waals surface area contributed by atoms with Gasteiger partial charge in [0.1, 0.15) is 5.75 Å².